The Labute approximate surface area is 137 Å². The zero-order chi connectivity index (χ0) is 14.1. The summed E-state index contributed by atoms with van der Waals surface area (Å²) in [6, 6.07) is 5.70. The first-order valence-electron chi connectivity index (χ1n) is 6.40. The van der Waals surface area contributed by atoms with E-state index in [9.17, 15) is 4.79 Å². The number of nitrogens with one attached hydrogen (secondary N) is 1. The second-order valence-electron chi connectivity index (χ2n) is 4.84. The van der Waals surface area contributed by atoms with E-state index in [1.165, 1.54) is 7.11 Å². The molecular weight excluding hydrogens is 358 g/mol. The quantitative estimate of drug-likeness (QED) is 0.820. The van der Waals surface area contributed by atoms with Gasteiger partial charge in [-0.15, -0.1) is 12.4 Å². The van der Waals surface area contributed by atoms with Crippen molar-refractivity contribution in [2.24, 2.45) is 0 Å². The standard InChI is InChI=1S/C14H14BrN3O2.ClH/c1-20-14(19)12-4-8(6-16-12)13-10-5-9(15)2-3-11(10)17-7-18-13;/h2-3,5,7-8,12,16H,4,6H2,1H3;1H/t8-,12+;/m1./s1. The minimum Gasteiger partial charge on any atom is -0.468 e. The van der Waals surface area contributed by atoms with Gasteiger partial charge in [-0.1, -0.05) is 15.9 Å². The summed E-state index contributed by atoms with van der Waals surface area (Å²) in [5, 5.41) is 4.22. The molecule has 21 heavy (non-hydrogen) atoms. The van der Waals surface area contributed by atoms with Gasteiger partial charge in [0.15, 0.2) is 0 Å². The molecule has 5 nitrogen and oxygen atoms in total. The van der Waals surface area contributed by atoms with Crippen molar-refractivity contribution in [1.82, 2.24) is 15.3 Å². The maximum atomic E-state index is 11.6. The van der Waals surface area contributed by atoms with Gasteiger partial charge in [0, 0.05) is 22.3 Å². The van der Waals surface area contributed by atoms with E-state index < -0.39 is 0 Å². The molecule has 0 spiro atoms. The first-order chi connectivity index (χ1) is 9.69. The third-order valence-electron chi connectivity index (χ3n) is 3.63. The van der Waals surface area contributed by atoms with Gasteiger partial charge in [-0.05, 0) is 24.6 Å². The fourth-order valence-electron chi connectivity index (χ4n) is 2.64. The van der Waals surface area contributed by atoms with Crippen LogP contribution >= 0.6 is 28.3 Å². The number of hydrogen-bond donors (Lipinski definition) is 1. The monoisotopic (exact) mass is 371 g/mol. The molecule has 0 saturated carbocycles. The van der Waals surface area contributed by atoms with E-state index in [1.807, 2.05) is 18.2 Å². The summed E-state index contributed by atoms with van der Waals surface area (Å²) in [6.07, 6.45) is 2.28. The van der Waals surface area contributed by atoms with Gasteiger partial charge in [0.2, 0.25) is 0 Å². The largest absolute Gasteiger partial charge is 0.468 e. The Bertz CT molecular complexity index is 668. The molecule has 7 heteroatoms. The summed E-state index contributed by atoms with van der Waals surface area (Å²) in [4.78, 5) is 20.3. The van der Waals surface area contributed by atoms with Gasteiger partial charge in [0.1, 0.15) is 12.4 Å². The number of aromatic nitrogens is 2. The van der Waals surface area contributed by atoms with E-state index >= 15 is 0 Å². The van der Waals surface area contributed by atoms with Crippen molar-refractivity contribution in [3.8, 4) is 0 Å². The molecule has 1 aliphatic rings. The summed E-state index contributed by atoms with van der Waals surface area (Å²) in [6.45, 7) is 0.721. The molecule has 0 bridgehead atoms. The second-order valence-corrected chi connectivity index (χ2v) is 5.75. The normalized spacial score (nSPS) is 21.0. The van der Waals surface area contributed by atoms with Crippen molar-refractivity contribution >= 4 is 45.2 Å². The lowest BCUT2D eigenvalue weighted by Gasteiger charge is -2.11. The lowest BCUT2D eigenvalue weighted by molar-refractivity contribution is -0.142. The molecule has 2 aromatic rings. The van der Waals surface area contributed by atoms with Crippen LogP contribution in [0.25, 0.3) is 10.9 Å². The van der Waals surface area contributed by atoms with E-state index in [4.69, 9.17) is 4.74 Å². The van der Waals surface area contributed by atoms with E-state index in [2.05, 4.69) is 31.2 Å². The summed E-state index contributed by atoms with van der Waals surface area (Å²) in [5.74, 6) is -0.0223. The molecule has 0 unspecified atom stereocenters. The van der Waals surface area contributed by atoms with Gasteiger partial charge in [0.05, 0.1) is 18.3 Å². The van der Waals surface area contributed by atoms with Crippen LogP contribution in [0.15, 0.2) is 29.0 Å². The Morgan fingerprint density at radius 3 is 3.00 bits per heavy atom. The summed E-state index contributed by atoms with van der Waals surface area (Å²) < 4.78 is 5.78. The van der Waals surface area contributed by atoms with Gasteiger partial charge in [-0.25, -0.2) is 9.97 Å². The molecule has 2 atom stereocenters. The third kappa shape index (κ3) is 3.17. The number of ether oxygens (including phenoxy) is 1. The summed E-state index contributed by atoms with van der Waals surface area (Å²) in [5.41, 5.74) is 1.90. The van der Waals surface area contributed by atoms with Crippen LogP contribution in [0.1, 0.15) is 18.0 Å². The van der Waals surface area contributed by atoms with Crippen LogP contribution in [-0.4, -0.2) is 35.6 Å². The average molecular weight is 373 g/mol. The minimum absolute atomic E-state index is 0. The van der Waals surface area contributed by atoms with Crippen molar-refractivity contribution < 1.29 is 9.53 Å². The number of nitrogens with zero attached hydrogens (tertiary/aromatic N) is 2. The van der Waals surface area contributed by atoms with Crippen LogP contribution in [-0.2, 0) is 9.53 Å². The SMILES string of the molecule is COC(=O)[C@@H]1C[C@@H](c2ncnc3ccc(Br)cc23)CN1.Cl. The summed E-state index contributed by atoms with van der Waals surface area (Å²) >= 11 is 3.48. The van der Waals surface area contributed by atoms with E-state index in [0.29, 0.717) is 6.42 Å². The topological polar surface area (TPSA) is 64.1 Å². The Morgan fingerprint density at radius 2 is 2.24 bits per heavy atom. The van der Waals surface area contributed by atoms with Crippen molar-refractivity contribution in [1.29, 1.82) is 0 Å². The van der Waals surface area contributed by atoms with Gasteiger partial charge in [-0.3, -0.25) is 4.79 Å². The number of methoxy groups -OCH3 is 1. The lowest BCUT2D eigenvalue weighted by Crippen LogP contribution is -2.31. The maximum absolute atomic E-state index is 11.6. The number of rotatable bonds is 2. The van der Waals surface area contributed by atoms with Gasteiger partial charge < -0.3 is 10.1 Å². The first kappa shape index (κ1) is 16.1. The smallest absolute Gasteiger partial charge is 0.322 e. The Hall–Kier alpha value is -1.24. The van der Waals surface area contributed by atoms with Crippen LogP contribution < -0.4 is 5.32 Å². The van der Waals surface area contributed by atoms with Crippen molar-refractivity contribution in [2.75, 3.05) is 13.7 Å². The Morgan fingerprint density at radius 1 is 1.43 bits per heavy atom. The molecule has 0 radical (unpaired) electrons. The molecule has 1 aromatic heterocycles. The number of fused-ring (bicyclic) bond motifs is 1. The van der Waals surface area contributed by atoms with E-state index in [-0.39, 0.29) is 30.3 Å². The average Bonchev–Trinajstić information content (AvgIpc) is 2.95. The number of benzene rings is 1. The zero-order valence-electron chi connectivity index (χ0n) is 11.4. The van der Waals surface area contributed by atoms with Crippen molar-refractivity contribution in [3.63, 3.8) is 0 Å². The van der Waals surface area contributed by atoms with Gasteiger partial charge in [0.25, 0.3) is 0 Å². The van der Waals surface area contributed by atoms with Crippen LogP contribution in [0.4, 0.5) is 0 Å². The molecule has 1 aromatic carbocycles. The molecule has 1 saturated heterocycles. The molecule has 0 amide bonds. The molecular formula is C14H15BrClN3O2. The molecule has 0 aliphatic carbocycles. The number of esters is 1. The van der Waals surface area contributed by atoms with Crippen molar-refractivity contribution in [3.05, 3.63) is 34.7 Å². The Kier molecular flexibility index (Phi) is 5.13. The van der Waals surface area contributed by atoms with E-state index in [0.717, 1.165) is 27.6 Å². The van der Waals surface area contributed by atoms with E-state index in [1.54, 1.807) is 6.33 Å². The molecule has 1 N–H and O–H groups in total. The third-order valence-corrected chi connectivity index (χ3v) is 4.12. The first-order valence-corrected chi connectivity index (χ1v) is 7.19. The molecule has 112 valence electrons. The highest BCUT2D eigenvalue weighted by Crippen LogP contribution is 2.30. The van der Waals surface area contributed by atoms with Crippen LogP contribution in [0.2, 0.25) is 0 Å². The Balaban J connectivity index is 0.00000161. The van der Waals surface area contributed by atoms with Gasteiger partial charge in [-0.2, -0.15) is 0 Å². The number of carbonyl (C=O) groups is 1. The maximum Gasteiger partial charge on any atom is 0.322 e. The molecule has 1 fully saturated rings. The fourth-order valence-corrected chi connectivity index (χ4v) is 3.00. The van der Waals surface area contributed by atoms with Crippen molar-refractivity contribution in [2.45, 2.75) is 18.4 Å². The number of carbonyl (C=O) groups excluding carboxylic acids is 1. The van der Waals surface area contributed by atoms with Crippen LogP contribution in [0, 0.1) is 0 Å². The highest BCUT2D eigenvalue weighted by Gasteiger charge is 2.32. The van der Waals surface area contributed by atoms with Crippen LogP contribution in [0.5, 0.6) is 0 Å². The minimum atomic E-state index is -0.248. The fraction of sp³-hybridized carbons (Fsp3) is 0.357. The zero-order valence-corrected chi connectivity index (χ0v) is 13.8. The summed E-state index contributed by atoms with van der Waals surface area (Å²) in [7, 11) is 1.41. The van der Waals surface area contributed by atoms with Crippen LogP contribution in [0.3, 0.4) is 0 Å². The second kappa shape index (κ2) is 6.68. The molecule has 3 rings (SSSR count). The predicted molar refractivity (Wildman–Crippen MR) is 85.7 cm³/mol. The van der Waals surface area contributed by atoms with Gasteiger partial charge >= 0.3 is 5.97 Å². The number of halogens is 2. The number of hydrogen-bond acceptors (Lipinski definition) is 5. The lowest BCUT2D eigenvalue weighted by atomic mass is 9.98. The molecule has 1 aliphatic heterocycles. The highest BCUT2D eigenvalue weighted by molar-refractivity contribution is 9.10. The highest BCUT2D eigenvalue weighted by atomic mass is 79.9. The predicted octanol–water partition coefficient (Wildman–Crippen LogP) is 2.43. The molecule has 2 heterocycles.